The summed E-state index contributed by atoms with van der Waals surface area (Å²) in [5.41, 5.74) is 0. The van der Waals surface area contributed by atoms with Gasteiger partial charge in [-0.15, -0.1) is 0 Å². The Labute approximate surface area is 102 Å². The predicted molar refractivity (Wildman–Crippen MR) is 63.9 cm³/mol. The largest absolute Gasteiger partial charge is 0.481 e. The third-order valence-corrected chi connectivity index (χ3v) is 2.95. The molecule has 98 valence electrons. The van der Waals surface area contributed by atoms with Crippen LogP contribution in [0.4, 0.5) is 4.79 Å². The predicted octanol–water partition coefficient (Wildman–Crippen LogP) is 0.197. The average Bonchev–Trinajstić information content (AvgIpc) is 2.27. The number of hydrogen-bond donors (Lipinski definition) is 2. The van der Waals surface area contributed by atoms with Gasteiger partial charge in [-0.25, -0.2) is 4.79 Å². The molecule has 1 aliphatic heterocycles. The van der Waals surface area contributed by atoms with E-state index >= 15 is 0 Å². The summed E-state index contributed by atoms with van der Waals surface area (Å²) >= 11 is 0. The van der Waals surface area contributed by atoms with Gasteiger partial charge in [0.05, 0.1) is 0 Å². The van der Waals surface area contributed by atoms with Crippen molar-refractivity contribution >= 4 is 12.0 Å². The van der Waals surface area contributed by atoms with Crippen LogP contribution in [0.2, 0.25) is 0 Å². The Kier molecular flexibility index (Phi) is 5.21. The molecule has 6 nitrogen and oxygen atoms in total. The van der Waals surface area contributed by atoms with E-state index in [1.807, 2.05) is 14.0 Å². The molecule has 1 atom stereocenters. The molecule has 0 aromatic carbocycles. The average molecular weight is 243 g/mol. The minimum atomic E-state index is -0.828. The van der Waals surface area contributed by atoms with E-state index in [1.54, 1.807) is 4.90 Å². The monoisotopic (exact) mass is 243 g/mol. The molecular weight excluding hydrogens is 222 g/mol. The highest BCUT2D eigenvalue weighted by Crippen LogP contribution is 2.02. The molecule has 1 rings (SSSR count). The molecular formula is C11H21N3O3. The Morgan fingerprint density at radius 1 is 1.29 bits per heavy atom. The molecule has 2 N–H and O–H groups in total. The number of rotatable bonds is 4. The van der Waals surface area contributed by atoms with Crippen molar-refractivity contribution in [2.75, 3.05) is 33.2 Å². The molecule has 1 unspecified atom stereocenters. The molecule has 1 aliphatic rings. The molecule has 0 spiro atoms. The van der Waals surface area contributed by atoms with Crippen molar-refractivity contribution in [1.82, 2.24) is 15.1 Å². The molecule has 6 heteroatoms. The fourth-order valence-electron chi connectivity index (χ4n) is 1.72. The number of amides is 2. The first-order valence-corrected chi connectivity index (χ1v) is 5.95. The maximum atomic E-state index is 11.8. The number of urea groups is 1. The lowest BCUT2D eigenvalue weighted by atomic mass is 10.2. The van der Waals surface area contributed by atoms with Crippen LogP contribution < -0.4 is 5.32 Å². The van der Waals surface area contributed by atoms with E-state index in [4.69, 9.17) is 5.11 Å². The van der Waals surface area contributed by atoms with Crippen LogP contribution in [0.1, 0.15) is 19.8 Å². The second-order valence-electron chi connectivity index (χ2n) is 4.57. The second kappa shape index (κ2) is 6.44. The van der Waals surface area contributed by atoms with Crippen molar-refractivity contribution < 1.29 is 14.7 Å². The Hall–Kier alpha value is -1.30. The molecule has 0 radical (unpaired) electrons. The first-order chi connectivity index (χ1) is 7.99. The molecule has 0 bridgehead atoms. The van der Waals surface area contributed by atoms with Gasteiger partial charge in [0.15, 0.2) is 0 Å². The van der Waals surface area contributed by atoms with Gasteiger partial charge in [-0.3, -0.25) is 4.79 Å². The van der Waals surface area contributed by atoms with Gasteiger partial charge >= 0.3 is 12.0 Å². The number of carbonyl (C=O) groups excluding carboxylic acids is 1. The van der Waals surface area contributed by atoms with Crippen molar-refractivity contribution in [3.8, 4) is 0 Å². The number of nitrogens with zero attached hydrogens (tertiary/aromatic N) is 2. The van der Waals surface area contributed by atoms with Crippen molar-refractivity contribution in [3.05, 3.63) is 0 Å². The highest BCUT2D eigenvalue weighted by molar-refractivity contribution is 5.74. The van der Waals surface area contributed by atoms with Crippen LogP contribution in [0, 0.1) is 0 Å². The quantitative estimate of drug-likeness (QED) is 0.739. The summed E-state index contributed by atoms with van der Waals surface area (Å²) in [5, 5.41) is 11.4. The molecule has 0 saturated carbocycles. The fraction of sp³-hybridized carbons (Fsp3) is 0.818. The first-order valence-electron chi connectivity index (χ1n) is 5.95. The highest BCUT2D eigenvalue weighted by Gasteiger charge is 2.20. The number of hydrogen-bond acceptors (Lipinski definition) is 3. The molecule has 0 aliphatic carbocycles. The number of aliphatic carboxylic acids is 1. The Balaban J connectivity index is 2.26. The summed E-state index contributed by atoms with van der Waals surface area (Å²) in [6.45, 7) is 5.06. The molecule has 1 fully saturated rings. The molecule has 1 saturated heterocycles. The van der Waals surface area contributed by atoms with Gasteiger partial charge in [0, 0.05) is 38.6 Å². The summed E-state index contributed by atoms with van der Waals surface area (Å²) in [6, 6.07) is -0.186. The lowest BCUT2D eigenvalue weighted by molar-refractivity contribution is -0.137. The van der Waals surface area contributed by atoms with E-state index in [-0.39, 0.29) is 18.5 Å². The van der Waals surface area contributed by atoms with Crippen LogP contribution in [0.5, 0.6) is 0 Å². The number of carboxylic acids is 1. The molecule has 1 heterocycles. The van der Waals surface area contributed by atoms with Crippen LogP contribution in [-0.2, 0) is 4.79 Å². The highest BCUT2D eigenvalue weighted by atomic mass is 16.4. The smallest absolute Gasteiger partial charge is 0.317 e. The maximum absolute atomic E-state index is 11.8. The number of piperazine rings is 1. The SMILES string of the molecule is CC(CCC(=O)O)NC(=O)N1CCN(C)CC1. The van der Waals surface area contributed by atoms with Crippen molar-refractivity contribution in [2.45, 2.75) is 25.8 Å². The van der Waals surface area contributed by atoms with E-state index in [9.17, 15) is 9.59 Å². The zero-order chi connectivity index (χ0) is 12.8. The summed E-state index contributed by atoms with van der Waals surface area (Å²) in [4.78, 5) is 26.2. The molecule has 0 aromatic heterocycles. The van der Waals surface area contributed by atoms with Crippen LogP contribution in [0.15, 0.2) is 0 Å². The van der Waals surface area contributed by atoms with E-state index in [2.05, 4.69) is 10.2 Å². The van der Waals surface area contributed by atoms with Gasteiger partial charge in [0.25, 0.3) is 0 Å². The van der Waals surface area contributed by atoms with Crippen LogP contribution in [0.3, 0.4) is 0 Å². The first kappa shape index (κ1) is 13.8. The maximum Gasteiger partial charge on any atom is 0.317 e. The number of likely N-dealkylation sites (N-methyl/N-ethyl adjacent to an activating group) is 1. The van der Waals surface area contributed by atoms with Gasteiger partial charge in [-0.2, -0.15) is 0 Å². The normalized spacial score (nSPS) is 18.8. The fourth-order valence-corrected chi connectivity index (χ4v) is 1.72. The molecule has 0 aromatic rings. The minimum absolute atomic E-state index is 0.0870. The molecule has 17 heavy (non-hydrogen) atoms. The third kappa shape index (κ3) is 5.04. The lowest BCUT2D eigenvalue weighted by Gasteiger charge is -2.33. The summed E-state index contributed by atoms with van der Waals surface area (Å²) in [7, 11) is 2.03. The van der Waals surface area contributed by atoms with Crippen molar-refractivity contribution in [2.24, 2.45) is 0 Å². The van der Waals surface area contributed by atoms with Crippen LogP contribution >= 0.6 is 0 Å². The van der Waals surface area contributed by atoms with Crippen molar-refractivity contribution in [3.63, 3.8) is 0 Å². The number of carbonyl (C=O) groups is 2. The Morgan fingerprint density at radius 3 is 2.41 bits per heavy atom. The standard InChI is InChI=1S/C11H21N3O3/c1-9(3-4-10(15)16)12-11(17)14-7-5-13(2)6-8-14/h9H,3-8H2,1-2H3,(H,12,17)(H,15,16). The van der Waals surface area contributed by atoms with E-state index < -0.39 is 5.97 Å². The van der Waals surface area contributed by atoms with Gasteiger partial charge in [-0.05, 0) is 20.4 Å². The zero-order valence-corrected chi connectivity index (χ0v) is 10.5. The summed E-state index contributed by atoms with van der Waals surface area (Å²) < 4.78 is 0. The van der Waals surface area contributed by atoms with Gasteiger partial charge in [0.1, 0.15) is 0 Å². The topological polar surface area (TPSA) is 72.9 Å². The Bertz CT molecular complexity index is 275. The van der Waals surface area contributed by atoms with Gasteiger partial charge in [0.2, 0.25) is 0 Å². The number of carboxylic acid groups (broad SMARTS) is 1. The second-order valence-corrected chi connectivity index (χ2v) is 4.57. The molecule has 2 amide bonds. The van der Waals surface area contributed by atoms with Crippen molar-refractivity contribution in [1.29, 1.82) is 0 Å². The van der Waals surface area contributed by atoms with Gasteiger partial charge < -0.3 is 20.2 Å². The van der Waals surface area contributed by atoms with Crippen LogP contribution in [-0.4, -0.2) is 66.2 Å². The summed E-state index contributed by atoms with van der Waals surface area (Å²) in [6.07, 6.45) is 0.555. The van der Waals surface area contributed by atoms with E-state index in [1.165, 1.54) is 0 Å². The minimum Gasteiger partial charge on any atom is -0.481 e. The van der Waals surface area contributed by atoms with E-state index in [0.29, 0.717) is 6.42 Å². The Morgan fingerprint density at radius 2 is 1.88 bits per heavy atom. The zero-order valence-electron chi connectivity index (χ0n) is 10.5. The third-order valence-electron chi connectivity index (χ3n) is 2.95. The number of nitrogens with one attached hydrogen (secondary N) is 1. The summed E-state index contributed by atoms with van der Waals surface area (Å²) in [5.74, 6) is -0.828. The van der Waals surface area contributed by atoms with Crippen LogP contribution in [0.25, 0.3) is 0 Å². The lowest BCUT2D eigenvalue weighted by Crippen LogP contribution is -2.52. The van der Waals surface area contributed by atoms with Gasteiger partial charge in [-0.1, -0.05) is 0 Å². The van der Waals surface area contributed by atoms with E-state index in [0.717, 1.165) is 26.2 Å².